The summed E-state index contributed by atoms with van der Waals surface area (Å²) in [7, 11) is 4.01. The van der Waals surface area contributed by atoms with Gasteiger partial charge in [-0.1, -0.05) is 0 Å². The molecule has 0 spiro atoms. The molecule has 0 unspecified atom stereocenters. The van der Waals surface area contributed by atoms with E-state index >= 15 is 0 Å². The van der Waals surface area contributed by atoms with E-state index in [0.717, 1.165) is 5.69 Å². The highest BCUT2D eigenvalue weighted by Crippen LogP contribution is 2.19. The molecule has 0 aliphatic rings. The molecular formula is C13H19N5OS. The Bertz CT molecular complexity index is 509. The molecule has 0 saturated heterocycles. The number of carbonyl (C=O) groups excluding carboxylic acids is 1. The van der Waals surface area contributed by atoms with Crippen molar-refractivity contribution >= 4 is 17.4 Å². The van der Waals surface area contributed by atoms with Gasteiger partial charge in [0.15, 0.2) is 0 Å². The molecule has 2 amide bonds. The van der Waals surface area contributed by atoms with Crippen LogP contribution >= 0.6 is 11.3 Å². The topological polar surface area (TPSA) is 73.1 Å². The molecule has 0 bridgehead atoms. The molecule has 0 saturated carbocycles. The van der Waals surface area contributed by atoms with E-state index in [1.54, 1.807) is 17.5 Å². The van der Waals surface area contributed by atoms with E-state index < -0.39 is 0 Å². The summed E-state index contributed by atoms with van der Waals surface area (Å²) in [5.74, 6) is 0. The van der Waals surface area contributed by atoms with Crippen molar-refractivity contribution in [2.75, 3.05) is 20.6 Å². The lowest BCUT2D eigenvalue weighted by molar-refractivity contribution is 0.232. The van der Waals surface area contributed by atoms with Crippen LogP contribution in [0.5, 0.6) is 0 Å². The maximum atomic E-state index is 11.8. The van der Waals surface area contributed by atoms with Gasteiger partial charge < -0.3 is 15.5 Å². The van der Waals surface area contributed by atoms with Gasteiger partial charge >= 0.3 is 6.03 Å². The summed E-state index contributed by atoms with van der Waals surface area (Å²) in [5, 5.41) is 16.5. The van der Waals surface area contributed by atoms with Crippen molar-refractivity contribution in [1.29, 1.82) is 0 Å². The quantitative estimate of drug-likeness (QED) is 0.757. The number of hydrogen-bond donors (Lipinski definition) is 3. The molecule has 2 aromatic heterocycles. The lowest BCUT2D eigenvalue weighted by Gasteiger charge is -2.24. The van der Waals surface area contributed by atoms with Gasteiger partial charge in [0, 0.05) is 12.7 Å². The lowest BCUT2D eigenvalue weighted by atomic mass is 10.1. The Kier molecular flexibility index (Phi) is 5.14. The Hall–Kier alpha value is -1.86. The monoisotopic (exact) mass is 293 g/mol. The summed E-state index contributed by atoms with van der Waals surface area (Å²) in [5.41, 5.74) is 2.09. The van der Waals surface area contributed by atoms with Gasteiger partial charge in [0.05, 0.1) is 18.3 Å². The number of rotatable bonds is 6. The first-order chi connectivity index (χ1) is 9.66. The molecule has 108 valence electrons. The zero-order valence-corrected chi connectivity index (χ0v) is 12.4. The van der Waals surface area contributed by atoms with Crippen molar-refractivity contribution < 1.29 is 4.79 Å². The van der Waals surface area contributed by atoms with Crippen LogP contribution in [0.3, 0.4) is 0 Å². The number of amides is 2. The number of aromatic nitrogens is 2. The highest BCUT2D eigenvalue weighted by molar-refractivity contribution is 7.07. The van der Waals surface area contributed by atoms with Gasteiger partial charge in [-0.25, -0.2) is 4.79 Å². The van der Waals surface area contributed by atoms with Crippen LogP contribution in [0, 0.1) is 0 Å². The predicted molar refractivity (Wildman–Crippen MR) is 79.6 cm³/mol. The minimum absolute atomic E-state index is 0.179. The average Bonchev–Trinajstić information content (AvgIpc) is 3.09. The van der Waals surface area contributed by atoms with Gasteiger partial charge in [0.25, 0.3) is 0 Å². The van der Waals surface area contributed by atoms with E-state index in [2.05, 4.69) is 37.2 Å². The van der Waals surface area contributed by atoms with Gasteiger partial charge in [0.2, 0.25) is 0 Å². The second kappa shape index (κ2) is 7.06. The largest absolute Gasteiger partial charge is 0.336 e. The van der Waals surface area contributed by atoms with Crippen molar-refractivity contribution in [3.63, 3.8) is 0 Å². The molecule has 0 aliphatic heterocycles. The molecule has 2 aromatic rings. The van der Waals surface area contributed by atoms with Crippen molar-refractivity contribution in [1.82, 2.24) is 25.7 Å². The SMILES string of the molecule is CN(C)[C@H](CNC(=O)NCc1ccn[nH]1)c1ccsc1. The first kappa shape index (κ1) is 14.5. The molecule has 0 radical (unpaired) electrons. The zero-order valence-electron chi connectivity index (χ0n) is 11.6. The molecule has 2 heterocycles. The van der Waals surface area contributed by atoms with Crippen LogP contribution in [0.15, 0.2) is 29.1 Å². The Balaban J connectivity index is 1.79. The fraction of sp³-hybridized carbons (Fsp3) is 0.385. The fourth-order valence-electron chi connectivity index (χ4n) is 1.87. The van der Waals surface area contributed by atoms with Crippen LogP contribution in [0.4, 0.5) is 4.79 Å². The number of nitrogens with one attached hydrogen (secondary N) is 3. The van der Waals surface area contributed by atoms with Crippen LogP contribution in [-0.4, -0.2) is 41.8 Å². The highest BCUT2D eigenvalue weighted by Gasteiger charge is 2.15. The fourth-order valence-corrected chi connectivity index (χ4v) is 2.58. The van der Waals surface area contributed by atoms with Crippen molar-refractivity contribution in [2.45, 2.75) is 12.6 Å². The van der Waals surface area contributed by atoms with Crippen LogP contribution in [-0.2, 0) is 6.54 Å². The van der Waals surface area contributed by atoms with Crippen LogP contribution < -0.4 is 10.6 Å². The molecule has 20 heavy (non-hydrogen) atoms. The second-order valence-corrected chi connectivity index (χ2v) is 5.46. The van der Waals surface area contributed by atoms with Gasteiger partial charge in [-0.05, 0) is 42.6 Å². The summed E-state index contributed by atoms with van der Waals surface area (Å²) in [6.07, 6.45) is 1.66. The molecule has 6 nitrogen and oxygen atoms in total. The second-order valence-electron chi connectivity index (χ2n) is 4.68. The number of likely N-dealkylation sites (N-methyl/N-ethyl adjacent to an activating group) is 1. The molecule has 0 fully saturated rings. The van der Waals surface area contributed by atoms with Gasteiger partial charge in [-0.2, -0.15) is 16.4 Å². The standard InChI is InChI=1S/C13H19N5OS/c1-18(2)12(10-4-6-20-9-10)8-15-13(19)14-7-11-3-5-16-17-11/h3-6,9,12H,7-8H2,1-2H3,(H,16,17)(H2,14,15,19)/t12-/m1/s1. The van der Waals surface area contributed by atoms with E-state index in [1.807, 2.05) is 25.5 Å². The number of aromatic amines is 1. The van der Waals surface area contributed by atoms with Crippen LogP contribution in [0.25, 0.3) is 0 Å². The normalized spacial score (nSPS) is 12.3. The first-order valence-corrected chi connectivity index (χ1v) is 7.29. The van der Waals surface area contributed by atoms with Crippen LogP contribution in [0.2, 0.25) is 0 Å². The van der Waals surface area contributed by atoms with Gasteiger partial charge in [-0.3, -0.25) is 5.10 Å². The minimum Gasteiger partial charge on any atom is -0.336 e. The number of urea groups is 1. The summed E-state index contributed by atoms with van der Waals surface area (Å²) >= 11 is 1.66. The Morgan fingerprint density at radius 1 is 1.45 bits per heavy atom. The smallest absolute Gasteiger partial charge is 0.315 e. The molecule has 2 rings (SSSR count). The molecule has 0 aliphatic carbocycles. The third-order valence-electron chi connectivity index (χ3n) is 3.01. The number of nitrogens with zero attached hydrogens (tertiary/aromatic N) is 2. The summed E-state index contributed by atoms with van der Waals surface area (Å²) in [4.78, 5) is 13.9. The molecule has 1 atom stereocenters. The summed E-state index contributed by atoms with van der Waals surface area (Å²) in [6, 6.07) is 3.91. The van der Waals surface area contributed by atoms with Crippen molar-refractivity contribution in [2.24, 2.45) is 0 Å². The summed E-state index contributed by atoms with van der Waals surface area (Å²) < 4.78 is 0. The van der Waals surface area contributed by atoms with Gasteiger partial charge in [-0.15, -0.1) is 0 Å². The van der Waals surface area contributed by atoms with E-state index in [-0.39, 0.29) is 12.1 Å². The number of carbonyl (C=O) groups is 1. The minimum atomic E-state index is -0.179. The van der Waals surface area contributed by atoms with E-state index in [4.69, 9.17) is 0 Å². The highest BCUT2D eigenvalue weighted by atomic mass is 32.1. The van der Waals surface area contributed by atoms with Crippen LogP contribution in [0.1, 0.15) is 17.3 Å². The van der Waals surface area contributed by atoms with E-state index in [9.17, 15) is 4.79 Å². The first-order valence-electron chi connectivity index (χ1n) is 6.35. The Labute approximate surface area is 122 Å². The molecule has 3 N–H and O–H groups in total. The Morgan fingerprint density at radius 3 is 2.90 bits per heavy atom. The maximum absolute atomic E-state index is 11.8. The van der Waals surface area contributed by atoms with E-state index in [0.29, 0.717) is 13.1 Å². The third-order valence-corrected chi connectivity index (χ3v) is 3.71. The maximum Gasteiger partial charge on any atom is 0.315 e. The van der Waals surface area contributed by atoms with Crippen molar-refractivity contribution in [3.8, 4) is 0 Å². The third kappa shape index (κ3) is 4.07. The summed E-state index contributed by atoms with van der Waals surface area (Å²) in [6.45, 7) is 1.01. The predicted octanol–water partition coefficient (Wildman–Crippen LogP) is 1.57. The van der Waals surface area contributed by atoms with Crippen molar-refractivity contribution in [3.05, 3.63) is 40.3 Å². The average molecular weight is 293 g/mol. The van der Waals surface area contributed by atoms with E-state index in [1.165, 1.54) is 5.56 Å². The number of thiophene rings is 1. The zero-order chi connectivity index (χ0) is 14.4. The number of hydrogen-bond acceptors (Lipinski definition) is 4. The lowest BCUT2D eigenvalue weighted by Crippen LogP contribution is -2.40. The number of H-pyrrole nitrogens is 1. The molecule has 7 heteroatoms. The molecule has 0 aromatic carbocycles. The van der Waals surface area contributed by atoms with Gasteiger partial charge in [0.1, 0.15) is 0 Å². The Morgan fingerprint density at radius 2 is 2.30 bits per heavy atom. The molecular weight excluding hydrogens is 274 g/mol.